The molecule has 0 aliphatic carbocycles. The molecule has 1 saturated heterocycles. The molecule has 1 aliphatic rings. The smallest absolute Gasteiger partial charge is 0.266 e. The molecule has 136 valence electrons. The first kappa shape index (κ1) is 18.0. The third-order valence-electron chi connectivity index (χ3n) is 4.01. The van der Waals surface area contributed by atoms with Gasteiger partial charge in [0, 0.05) is 24.9 Å². The van der Waals surface area contributed by atoms with E-state index in [1.54, 1.807) is 19.2 Å². The van der Waals surface area contributed by atoms with E-state index in [-0.39, 0.29) is 29.4 Å². The third-order valence-corrected chi connectivity index (χ3v) is 5.14. The van der Waals surface area contributed by atoms with Gasteiger partial charge >= 0.3 is 0 Å². The summed E-state index contributed by atoms with van der Waals surface area (Å²) in [4.78, 5) is 23.9. The number of nitrogens with one attached hydrogen (secondary N) is 1. The van der Waals surface area contributed by atoms with Crippen LogP contribution in [0.5, 0.6) is 5.75 Å². The number of pyridine rings is 1. The zero-order chi connectivity index (χ0) is 19.0. The summed E-state index contributed by atoms with van der Waals surface area (Å²) in [6.07, 6.45) is 0.683. The molecule has 26 heavy (non-hydrogen) atoms. The molecule has 3 rings (SSSR count). The Morgan fingerprint density at radius 1 is 1.31 bits per heavy atom. The lowest BCUT2D eigenvalue weighted by molar-refractivity contribution is -0.117. The zero-order valence-corrected chi connectivity index (χ0v) is 15.5. The number of phenols is 1. The van der Waals surface area contributed by atoms with E-state index < -0.39 is 11.2 Å². The molecule has 7 nitrogen and oxygen atoms in total. The Bertz CT molecular complexity index is 1050. The summed E-state index contributed by atoms with van der Waals surface area (Å²) < 4.78 is 17.0. The van der Waals surface area contributed by atoms with E-state index in [0.717, 1.165) is 0 Å². The SMILES string of the molecule is CC(C)CC#Cc1cc2cc(N3CC(=O)NS3=O)c(O)cc2n(C)c1=O. The van der Waals surface area contributed by atoms with Crippen molar-refractivity contribution in [1.29, 1.82) is 0 Å². The number of aromatic nitrogens is 1. The second kappa shape index (κ2) is 6.84. The Morgan fingerprint density at radius 3 is 2.65 bits per heavy atom. The highest BCUT2D eigenvalue weighted by molar-refractivity contribution is 7.85. The topological polar surface area (TPSA) is 91.6 Å². The number of hydrogen-bond donors (Lipinski definition) is 2. The number of carbonyl (C=O) groups excluding carboxylic acids is 1. The summed E-state index contributed by atoms with van der Waals surface area (Å²) in [7, 11) is 1.61. The minimum atomic E-state index is -1.74. The van der Waals surface area contributed by atoms with Crippen molar-refractivity contribution >= 4 is 33.7 Å². The van der Waals surface area contributed by atoms with Crippen LogP contribution in [-0.4, -0.2) is 26.3 Å². The van der Waals surface area contributed by atoms with E-state index in [0.29, 0.717) is 28.8 Å². The van der Waals surface area contributed by atoms with Crippen LogP contribution in [-0.2, 0) is 23.0 Å². The van der Waals surface area contributed by atoms with E-state index in [2.05, 4.69) is 16.6 Å². The molecule has 1 aromatic carbocycles. The number of rotatable bonds is 2. The fourth-order valence-electron chi connectivity index (χ4n) is 2.68. The van der Waals surface area contributed by atoms with E-state index in [1.807, 2.05) is 13.8 Å². The monoisotopic (exact) mass is 373 g/mol. The number of carbonyl (C=O) groups is 1. The quantitative estimate of drug-likeness (QED) is 0.773. The number of phenolic OH excluding ortho intramolecular Hbond substituents is 1. The average molecular weight is 373 g/mol. The number of hydrogen-bond acceptors (Lipinski definition) is 4. The molecule has 0 bridgehead atoms. The van der Waals surface area contributed by atoms with Crippen LogP contribution in [0.15, 0.2) is 23.0 Å². The van der Waals surface area contributed by atoms with Gasteiger partial charge in [0.05, 0.1) is 16.8 Å². The summed E-state index contributed by atoms with van der Waals surface area (Å²) in [6, 6.07) is 4.69. The molecule has 2 N–H and O–H groups in total. The highest BCUT2D eigenvalue weighted by Crippen LogP contribution is 2.33. The molecule has 0 spiro atoms. The molecule has 1 fully saturated rings. The van der Waals surface area contributed by atoms with E-state index in [9.17, 15) is 18.9 Å². The molecule has 0 saturated carbocycles. The predicted molar refractivity (Wildman–Crippen MR) is 101 cm³/mol. The van der Waals surface area contributed by atoms with E-state index in [4.69, 9.17) is 0 Å². The van der Waals surface area contributed by atoms with Crippen molar-refractivity contribution in [3.63, 3.8) is 0 Å². The van der Waals surface area contributed by atoms with Crippen LogP contribution < -0.4 is 14.6 Å². The predicted octanol–water partition coefficient (Wildman–Crippen LogP) is 1.16. The molecule has 1 unspecified atom stereocenters. The molecule has 1 aromatic heterocycles. The van der Waals surface area contributed by atoms with Gasteiger partial charge in [0.15, 0.2) is 0 Å². The van der Waals surface area contributed by atoms with Crippen molar-refractivity contribution in [2.24, 2.45) is 13.0 Å². The Hall–Kier alpha value is -2.79. The fourth-order valence-corrected chi connectivity index (χ4v) is 3.61. The first-order valence-electron chi connectivity index (χ1n) is 8.12. The fraction of sp³-hybridized carbons (Fsp3) is 0.333. The standard InChI is InChI=1S/C18H19N3O4S/c1-11(2)5-4-6-12-7-13-8-15(21-10-17(23)19-26(21)25)16(22)9-14(13)20(3)18(12)24/h7-9,11,22H,5,10H2,1-3H3,(H,19,23). The first-order chi connectivity index (χ1) is 12.3. The molecule has 1 amide bonds. The van der Waals surface area contributed by atoms with Gasteiger partial charge in [0.2, 0.25) is 11.2 Å². The number of aromatic hydroxyl groups is 1. The van der Waals surface area contributed by atoms with Crippen LogP contribution in [0.4, 0.5) is 5.69 Å². The van der Waals surface area contributed by atoms with Gasteiger partial charge in [0.1, 0.15) is 12.3 Å². The average Bonchev–Trinajstić information content (AvgIpc) is 2.90. The highest BCUT2D eigenvalue weighted by Gasteiger charge is 2.29. The van der Waals surface area contributed by atoms with Crippen LogP contribution >= 0.6 is 0 Å². The Kier molecular flexibility index (Phi) is 4.74. The van der Waals surface area contributed by atoms with Gasteiger partial charge < -0.3 is 9.67 Å². The molecule has 1 aliphatic heterocycles. The van der Waals surface area contributed by atoms with Crippen LogP contribution in [0.1, 0.15) is 25.8 Å². The minimum absolute atomic E-state index is 0.113. The summed E-state index contributed by atoms with van der Waals surface area (Å²) in [5, 5.41) is 11.0. The van der Waals surface area contributed by atoms with Crippen LogP contribution in [0.25, 0.3) is 10.9 Å². The van der Waals surface area contributed by atoms with Gasteiger partial charge in [-0.15, -0.1) is 0 Å². The van der Waals surface area contributed by atoms with Crippen molar-refractivity contribution < 1.29 is 14.1 Å². The van der Waals surface area contributed by atoms with E-state index >= 15 is 0 Å². The first-order valence-corrected chi connectivity index (χ1v) is 9.23. The number of nitrogens with zero attached hydrogens (tertiary/aromatic N) is 2. The number of benzene rings is 1. The number of amides is 1. The largest absolute Gasteiger partial charge is 0.506 e. The van der Waals surface area contributed by atoms with Crippen LogP contribution in [0, 0.1) is 17.8 Å². The summed E-state index contributed by atoms with van der Waals surface area (Å²) >= 11 is -1.74. The Balaban J connectivity index is 2.14. The van der Waals surface area contributed by atoms with Crippen LogP contribution in [0.3, 0.4) is 0 Å². The maximum Gasteiger partial charge on any atom is 0.266 e. The molecular formula is C18H19N3O4S. The highest BCUT2D eigenvalue weighted by atomic mass is 32.2. The van der Waals surface area contributed by atoms with Gasteiger partial charge in [-0.1, -0.05) is 25.7 Å². The van der Waals surface area contributed by atoms with Crippen molar-refractivity contribution in [2.45, 2.75) is 20.3 Å². The second-order valence-corrected chi connectivity index (χ2v) is 7.68. The third kappa shape index (κ3) is 3.30. The molecule has 2 aromatic rings. The maximum atomic E-state index is 12.5. The normalized spacial score (nSPS) is 16.7. The lowest BCUT2D eigenvalue weighted by Gasteiger charge is -2.17. The van der Waals surface area contributed by atoms with Crippen LogP contribution in [0.2, 0.25) is 0 Å². The van der Waals surface area contributed by atoms with Gasteiger partial charge in [-0.3, -0.25) is 18.6 Å². The lowest BCUT2D eigenvalue weighted by Crippen LogP contribution is -2.23. The van der Waals surface area contributed by atoms with Gasteiger partial charge in [0.25, 0.3) is 11.5 Å². The van der Waals surface area contributed by atoms with Gasteiger partial charge in [-0.2, -0.15) is 0 Å². The number of fused-ring (bicyclic) bond motifs is 1. The molecule has 0 radical (unpaired) electrons. The second-order valence-electron chi connectivity index (χ2n) is 6.53. The van der Waals surface area contributed by atoms with Gasteiger partial charge in [-0.25, -0.2) is 4.21 Å². The van der Waals surface area contributed by atoms with Crippen molar-refractivity contribution in [1.82, 2.24) is 9.29 Å². The minimum Gasteiger partial charge on any atom is -0.506 e. The van der Waals surface area contributed by atoms with E-state index in [1.165, 1.54) is 14.9 Å². The summed E-state index contributed by atoms with van der Waals surface area (Å²) in [6.45, 7) is 3.99. The Morgan fingerprint density at radius 2 is 2.04 bits per heavy atom. The Labute approximate surface area is 153 Å². The number of aryl methyl sites for hydroxylation is 1. The lowest BCUT2D eigenvalue weighted by atomic mass is 10.1. The number of anilines is 1. The molecule has 1 atom stereocenters. The summed E-state index contributed by atoms with van der Waals surface area (Å²) in [5.41, 5.74) is 0.889. The maximum absolute atomic E-state index is 12.5. The summed E-state index contributed by atoms with van der Waals surface area (Å²) in [5.74, 6) is 5.78. The molecule has 2 heterocycles. The van der Waals surface area contributed by atoms with Crippen molar-refractivity contribution in [3.8, 4) is 17.6 Å². The zero-order valence-electron chi connectivity index (χ0n) is 14.7. The molecule has 8 heteroatoms. The van der Waals surface area contributed by atoms with Gasteiger partial charge in [-0.05, 0) is 18.1 Å². The van der Waals surface area contributed by atoms with Crippen molar-refractivity contribution in [3.05, 3.63) is 34.1 Å². The van der Waals surface area contributed by atoms with Crippen molar-refractivity contribution in [2.75, 3.05) is 10.8 Å². The molecular weight excluding hydrogens is 354 g/mol.